The average Bonchev–Trinajstić information content (AvgIpc) is 2.15. The van der Waals surface area contributed by atoms with Crippen LogP contribution in [0.1, 0.15) is 15.9 Å². The average molecular weight is 215 g/mol. The monoisotopic (exact) mass is 214 g/mol. The number of carbonyl (C=O) groups is 2. The van der Waals surface area contributed by atoms with Gasteiger partial charge in [0.05, 0.1) is 5.56 Å². The van der Waals surface area contributed by atoms with Gasteiger partial charge in [0.15, 0.2) is 0 Å². The molecule has 1 N–H and O–H groups in total. The van der Waals surface area contributed by atoms with Crippen molar-refractivity contribution in [1.82, 2.24) is 0 Å². The number of carboxylic acids is 1. The van der Waals surface area contributed by atoms with Crippen molar-refractivity contribution >= 4 is 23.0 Å². The number of carbonyl (C=O) groups excluding carboxylic acids is 1. The van der Waals surface area contributed by atoms with Crippen LogP contribution in [0.2, 0.25) is 0 Å². The second-order valence-corrected chi connectivity index (χ2v) is 2.84. The van der Waals surface area contributed by atoms with E-state index in [-0.39, 0.29) is 12.2 Å². The van der Waals surface area contributed by atoms with Crippen molar-refractivity contribution in [3.63, 3.8) is 0 Å². The third-order valence-corrected chi connectivity index (χ3v) is 1.66. The second-order valence-electron chi connectivity index (χ2n) is 2.53. The molecule has 0 atom stereocenters. The lowest BCUT2D eigenvalue weighted by Gasteiger charge is -2.00. The number of hydrogen-bond acceptors (Lipinski definition) is 3. The summed E-state index contributed by atoms with van der Waals surface area (Å²) >= 11 is 4.95. The van der Waals surface area contributed by atoms with Crippen molar-refractivity contribution in [2.45, 2.75) is 6.61 Å². The number of hydrogen-bond donors (Lipinski definition) is 1. The van der Waals surface area contributed by atoms with Gasteiger partial charge in [-0.05, 0) is 17.7 Å². The molecule has 0 bridgehead atoms. The highest BCUT2D eigenvalue weighted by Crippen LogP contribution is 2.06. The summed E-state index contributed by atoms with van der Waals surface area (Å²) in [7, 11) is 0. The van der Waals surface area contributed by atoms with Gasteiger partial charge in [0.2, 0.25) is 0 Å². The molecule has 14 heavy (non-hydrogen) atoms. The molecule has 0 aliphatic heterocycles. The molecule has 0 saturated heterocycles. The fraction of sp³-hybridized carbons (Fsp3) is 0.111. The Kier molecular flexibility index (Phi) is 3.48. The summed E-state index contributed by atoms with van der Waals surface area (Å²) < 4.78 is 4.51. The summed E-state index contributed by atoms with van der Waals surface area (Å²) in [6.45, 7) is 0.0439. The normalized spacial score (nSPS) is 9.50. The van der Waals surface area contributed by atoms with E-state index in [0.717, 1.165) is 0 Å². The van der Waals surface area contributed by atoms with Crippen LogP contribution in [0.25, 0.3) is 0 Å². The van der Waals surface area contributed by atoms with Crippen molar-refractivity contribution < 1.29 is 19.4 Å². The first kappa shape index (κ1) is 10.5. The summed E-state index contributed by atoms with van der Waals surface area (Å²) in [5, 5.41) is 8.59. The molecule has 1 aromatic carbocycles. The molecule has 0 unspecified atom stereocenters. The molecular weight excluding hydrogens is 208 g/mol. The number of halogens is 1. The Morgan fingerprint density at radius 3 is 2.29 bits per heavy atom. The third kappa shape index (κ3) is 3.06. The maximum atomic E-state index is 10.5. The first-order chi connectivity index (χ1) is 6.59. The van der Waals surface area contributed by atoms with E-state index in [2.05, 4.69) is 4.74 Å². The van der Waals surface area contributed by atoms with Gasteiger partial charge >= 0.3 is 11.4 Å². The zero-order valence-electron chi connectivity index (χ0n) is 7.07. The van der Waals surface area contributed by atoms with E-state index >= 15 is 0 Å². The fourth-order valence-electron chi connectivity index (χ4n) is 0.884. The molecular formula is C9H7ClO4. The van der Waals surface area contributed by atoms with Gasteiger partial charge < -0.3 is 9.84 Å². The number of benzene rings is 1. The van der Waals surface area contributed by atoms with E-state index in [9.17, 15) is 9.59 Å². The van der Waals surface area contributed by atoms with Gasteiger partial charge in [-0.2, -0.15) is 0 Å². The number of aromatic carboxylic acids is 1. The van der Waals surface area contributed by atoms with E-state index < -0.39 is 11.4 Å². The zero-order valence-corrected chi connectivity index (χ0v) is 7.82. The van der Waals surface area contributed by atoms with Crippen LogP contribution in [-0.2, 0) is 11.3 Å². The maximum absolute atomic E-state index is 10.5. The Hall–Kier alpha value is -1.55. The zero-order chi connectivity index (χ0) is 10.6. The van der Waals surface area contributed by atoms with Crippen LogP contribution in [0.3, 0.4) is 0 Å². The topological polar surface area (TPSA) is 63.6 Å². The molecule has 0 radical (unpaired) electrons. The Morgan fingerprint density at radius 2 is 1.86 bits per heavy atom. The molecule has 1 rings (SSSR count). The van der Waals surface area contributed by atoms with Crippen molar-refractivity contribution in [3.8, 4) is 0 Å². The largest absolute Gasteiger partial charge is 0.478 e. The van der Waals surface area contributed by atoms with Crippen molar-refractivity contribution in [2.24, 2.45) is 0 Å². The molecule has 5 heteroatoms. The summed E-state index contributed by atoms with van der Waals surface area (Å²) in [6, 6.07) is 5.98. The van der Waals surface area contributed by atoms with Crippen LogP contribution in [0.15, 0.2) is 24.3 Å². The lowest BCUT2D eigenvalue weighted by atomic mass is 10.1. The molecule has 0 aliphatic carbocycles. The van der Waals surface area contributed by atoms with E-state index in [1.54, 1.807) is 12.1 Å². The summed E-state index contributed by atoms with van der Waals surface area (Å²) in [5.74, 6) is -0.995. The Bertz CT molecular complexity index is 344. The lowest BCUT2D eigenvalue weighted by Crippen LogP contribution is -1.98. The van der Waals surface area contributed by atoms with Gasteiger partial charge in [-0.1, -0.05) is 12.1 Å². The Labute approximate surface area is 85.1 Å². The number of rotatable bonds is 3. The minimum Gasteiger partial charge on any atom is -0.478 e. The number of carboxylic acid groups (broad SMARTS) is 1. The van der Waals surface area contributed by atoms with Gasteiger partial charge in [-0.3, -0.25) is 0 Å². The van der Waals surface area contributed by atoms with Crippen LogP contribution in [0.4, 0.5) is 4.79 Å². The minimum atomic E-state index is -0.995. The quantitative estimate of drug-likeness (QED) is 0.784. The molecule has 0 heterocycles. The highest BCUT2D eigenvalue weighted by atomic mass is 35.5. The van der Waals surface area contributed by atoms with Gasteiger partial charge in [0.25, 0.3) is 0 Å². The summed E-state index contributed by atoms with van der Waals surface area (Å²) in [5.41, 5.74) is -0.0118. The van der Waals surface area contributed by atoms with Crippen LogP contribution < -0.4 is 0 Å². The molecule has 4 nitrogen and oxygen atoms in total. The summed E-state index contributed by atoms with van der Waals surface area (Å²) in [6.07, 6.45) is 0. The minimum absolute atomic E-state index is 0.0439. The first-order valence-corrected chi connectivity index (χ1v) is 4.12. The fourth-order valence-corrected chi connectivity index (χ4v) is 0.938. The van der Waals surface area contributed by atoms with Gasteiger partial charge in [0, 0.05) is 11.6 Å². The molecule has 0 amide bonds. The van der Waals surface area contributed by atoms with E-state index in [4.69, 9.17) is 16.7 Å². The molecule has 0 saturated carbocycles. The molecule has 0 fully saturated rings. The summed E-state index contributed by atoms with van der Waals surface area (Å²) in [4.78, 5) is 20.7. The van der Waals surface area contributed by atoms with E-state index in [1.807, 2.05) is 0 Å². The molecule has 1 aromatic rings. The SMILES string of the molecule is O=C(Cl)OCc1ccc(C(=O)O)cc1. The number of ether oxygens (including phenoxy) is 1. The Morgan fingerprint density at radius 1 is 1.29 bits per heavy atom. The highest BCUT2D eigenvalue weighted by molar-refractivity contribution is 6.61. The predicted molar refractivity (Wildman–Crippen MR) is 49.4 cm³/mol. The van der Waals surface area contributed by atoms with Crippen LogP contribution >= 0.6 is 11.6 Å². The standard InChI is InChI=1S/C9H7ClO4/c10-9(13)14-5-6-1-3-7(4-2-6)8(11)12/h1-4H,5H2,(H,11,12). The molecule has 74 valence electrons. The Balaban J connectivity index is 2.64. The second kappa shape index (κ2) is 4.62. The van der Waals surface area contributed by atoms with Crippen LogP contribution in [0.5, 0.6) is 0 Å². The smallest absolute Gasteiger partial charge is 0.404 e. The van der Waals surface area contributed by atoms with E-state index in [0.29, 0.717) is 5.56 Å². The molecule has 0 aromatic heterocycles. The van der Waals surface area contributed by atoms with Gasteiger partial charge in [-0.25, -0.2) is 9.59 Å². The third-order valence-electron chi connectivity index (χ3n) is 1.55. The van der Waals surface area contributed by atoms with E-state index in [1.165, 1.54) is 12.1 Å². The molecule has 0 spiro atoms. The van der Waals surface area contributed by atoms with Gasteiger partial charge in [0.1, 0.15) is 6.61 Å². The van der Waals surface area contributed by atoms with Gasteiger partial charge in [-0.15, -0.1) is 0 Å². The lowest BCUT2D eigenvalue weighted by molar-refractivity contribution is 0.0696. The predicted octanol–water partition coefficient (Wildman–Crippen LogP) is 2.26. The van der Waals surface area contributed by atoms with Crippen LogP contribution in [0, 0.1) is 0 Å². The molecule has 0 aliphatic rings. The van der Waals surface area contributed by atoms with Crippen molar-refractivity contribution in [3.05, 3.63) is 35.4 Å². The first-order valence-electron chi connectivity index (χ1n) is 3.74. The van der Waals surface area contributed by atoms with Crippen LogP contribution in [-0.4, -0.2) is 16.5 Å². The maximum Gasteiger partial charge on any atom is 0.404 e. The van der Waals surface area contributed by atoms with Crippen molar-refractivity contribution in [2.75, 3.05) is 0 Å². The van der Waals surface area contributed by atoms with Crippen molar-refractivity contribution in [1.29, 1.82) is 0 Å². The highest BCUT2D eigenvalue weighted by Gasteiger charge is 2.02.